The molecule has 29 heavy (non-hydrogen) atoms. The number of aliphatic hydroxyl groups excluding tert-OH is 1. The Balaban J connectivity index is 0.000000313. The topological polar surface area (TPSA) is 61.3 Å². The molecule has 0 spiro atoms. The SMILES string of the molecule is C=CCC1CC1CC.CCC(CC)CN1CCc2c(ncnc2NCC(C)O)C1. The summed E-state index contributed by atoms with van der Waals surface area (Å²) < 4.78 is 0. The van der Waals surface area contributed by atoms with Crippen LogP contribution in [0.3, 0.4) is 0 Å². The highest BCUT2D eigenvalue weighted by Gasteiger charge is 2.33. The van der Waals surface area contributed by atoms with Crippen molar-refractivity contribution >= 4 is 5.82 Å². The smallest absolute Gasteiger partial charge is 0.133 e. The summed E-state index contributed by atoms with van der Waals surface area (Å²) in [6, 6.07) is 0. The molecule has 0 saturated heterocycles. The summed E-state index contributed by atoms with van der Waals surface area (Å²) in [4.78, 5) is 11.3. The summed E-state index contributed by atoms with van der Waals surface area (Å²) in [7, 11) is 0. The first-order valence-electron chi connectivity index (χ1n) is 11.6. The molecule has 1 aliphatic heterocycles. The van der Waals surface area contributed by atoms with E-state index < -0.39 is 0 Å². The van der Waals surface area contributed by atoms with Gasteiger partial charge in [0.05, 0.1) is 11.8 Å². The predicted octanol–water partition coefficient (Wildman–Crippen LogP) is 4.67. The first-order valence-corrected chi connectivity index (χ1v) is 11.6. The van der Waals surface area contributed by atoms with Gasteiger partial charge in [-0.05, 0) is 43.9 Å². The van der Waals surface area contributed by atoms with E-state index in [9.17, 15) is 5.11 Å². The third-order valence-corrected chi connectivity index (χ3v) is 6.38. The number of hydrogen-bond acceptors (Lipinski definition) is 5. The van der Waals surface area contributed by atoms with E-state index >= 15 is 0 Å². The molecule has 164 valence electrons. The van der Waals surface area contributed by atoms with Gasteiger partial charge in [-0.3, -0.25) is 4.90 Å². The highest BCUT2D eigenvalue weighted by molar-refractivity contribution is 5.47. The third-order valence-electron chi connectivity index (χ3n) is 6.38. The van der Waals surface area contributed by atoms with Gasteiger partial charge in [0.15, 0.2) is 0 Å². The van der Waals surface area contributed by atoms with E-state index in [0.717, 1.165) is 55.3 Å². The Morgan fingerprint density at radius 2 is 2.03 bits per heavy atom. The second-order valence-electron chi connectivity index (χ2n) is 8.73. The van der Waals surface area contributed by atoms with Crippen molar-refractivity contribution in [3.05, 3.63) is 30.2 Å². The number of hydrogen-bond donors (Lipinski definition) is 2. The van der Waals surface area contributed by atoms with Crippen LogP contribution < -0.4 is 5.32 Å². The van der Waals surface area contributed by atoms with Crippen molar-refractivity contribution in [3.63, 3.8) is 0 Å². The van der Waals surface area contributed by atoms with Crippen LogP contribution in [0, 0.1) is 17.8 Å². The number of fused-ring (bicyclic) bond motifs is 1. The average molecular weight is 403 g/mol. The number of anilines is 1. The van der Waals surface area contributed by atoms with Crippen molar-refractivity contribution < 1.29 is 5.11 Å². The van der Waals surface area contributed by atoms with E-state index in [1.165, 1.54) is 37.7 Å². The van der Waals surface area contributed by atoms with Crippen molar-refractivity contribution in [2.45, 2.75) is 78.9 Å². The Morgan fingerprint density at radius 3 is 2.62 bits per heavy atom. The molecule has 0 radical (unpaired) electrons. The molecule has 5 heteroatoms. The summed E-state index contributed by atoms with van der Waals surface area (Å²) in [5.41, 5.74) is 2.36. The van der Waals surface area contributed by atoms with Gasteiger partial charge in [0.2, 0.25) is 0 Å². The lowest BCUT2D eigenvalue weighted by atomic mass is 10.00. The lowest BCUT2D eigenvalue weighted by molar-refractivity contribution is 0.203. The van der Waals surface area contributed by atoms with Crippen molar-refractivity contribution in [2.75, 3.05) is 25.0 Å². The van der Waals surface area contributed by atoms with Gasteiger partial charge in [-0.2, -0.15) is 0 Å². The van der Waals surface area contributed by atoms with Gasteiger partial charge in [0.1, 0.15) is 12.1 Å². The molecule has 1 saturated carbocycles. The zero-order valence-corrected chi connectivity index (χ0v) is 19.0. The van der Waals surface area contributed by atoms with Crippen LogP contribution in [-0.2, 0) is 13.0 Å². The molecule has 5 nitrogen and oxygen atoms in total. The maximum absolute atomic E-state index is 9.40. The molecule has 0 bridgehead atoms. The Labute approximate surface area is 178 Å². The molecule has 1 aromatic heterocycles. The molecule has 3 atom stereocenters. The maximum atomic E-state index is 9.40. The first-order chi connectivity index (χ1) is 14.0. The van der Waals surface area contributed by atoms with Gasteiger partial charge >= 0.3 is 0 Å². The molecule has 0 aromatic carbocycles. The highest BCUT2D eigenvalue weighted by Crippen LogP contribution is 2.43. The maximum Gasteiger partial charge on any atom is 0.133 e. The minimum absolute atomic E-state index is 0.370. The molecular formula is C24H42N4O. The van der Waals surface area contributed by atoms with Crippen molar-refractivity contribution in [2.24, 2.45) is 17.8 Å². The Morgan fingerprint density at radius 1 is 1.28 bits per heavy atom. The number of aliphatic hydroxyl groups is 1. The van der Waals surface area contributed by atoms with Crippen LogP contribution in [0.1, 0.15) is 71.1 Å². The van der Waals surface area contributed by atoms with Crippen LogP contribution in [0.15, 0.2) is 19.0 Å². The van der Waals surface area contributed by atoms with Crippen molar-refractivity contribution in [3.8, 4) is 0 Å². The zero-order chi connectivity index (χ0) is 21.2. The van der Waals surface area contributed by atoms with E-state index in [0.29, 0.717) is 6.54 Å². The largest absolute Gasteiger partial charge is 0.392 e. The van der Waals surface area contributed by atoms with Crippen LogP contribution in [0.5, 0.6) is 0 Å². The van der Waals surface area contributed by atoms with Gasteiger partial charge in [0.25, 0.3) is 0 Å². The number of allylic oxidation sites excluding steroid dienone is 1. The van der Waals surface area contributed by atoms with Crippen LogP contribution in [-0.4, -0.2) is 45.7 Å². The molecule has 2 aliphatic rings. The zero-order valence-electron chi connectivity index (χ0n) is 19.0. The first kappa shape index (κ1) is 23.8. The predicted molar refractivity (Wildman–Crippen MR) is 122 cm³/mol. The van der Waals surface area contributed by atoms with E-state index in [-0.39, 0.29) is 6.10 Å². The molecule has 1 aliphatic carbocycles. The number of nitrogens with one attached hydrogen (secondary N) is 1. The van der Waals surface area contributed by atoms with E-state index in [4.69, 9.17) is 0 Å². The monoisotopic (exact) mass is 402 g/mol. The highest BCUT2D eigenvalue weighted by atomic mass is 16.3. The summed E-state index contributed by atoms with van der Waals surface area (Å²) in [5, 5.41) is 12.6. The quantitative estimate of drug-likeness (QED) is 0.557. The fourth-order valence-electron chi connectivity index (χ4n) is 4.19. The van der Waals surface area contributed by atoms with Crippen LogP contribution in [0.25, 0.3) is 0 Å². The van der Waals surface area contributed by atoms with Gasteiger partial charge in [-0.25, -0.2) is 9.97 Å². The van der Waals surface area contributed by atoms with E-state index in [2.05, 4.69) is 47.5 Å². The van der Waals surface area contributed by atoms with E-state index in [1.54, 1.807) is 13.3 Å². The van der Waals surface area contributed by atoms with Gasteiger partial charge in [0, 0.05) is 31.7 Å². The van der Waals surface area contributed by atoms with Crippen LogP contribution in [0.4, 0.5) is 5.82 Å². The van der Waals surface area contributed by atoms with E-state index in [1.807, 2.05) is 6.08 Å². The lowest BCUT2D eigenvalue weighted by Crippen LogP contribution is -2.35. The standard InChI is InChI=1S/C16H28N4O.C8H14/c1-4-13(5-2)9-20-7-6-14-15(10-20)18-11-19-16(14)17-8-12(3)21;1-3-5-8-6-7(8)4-2/h11-13,21H,4-10H2,1-3H3,(H,17,18,19);3,7-8H,1,4-6H2,2H3. The number of rotatable bonds is 10. The molecule has 0 amide bonds. The minimum Gasteiger partial charge on any atom is -0.392 e. The van der Waals surface area contributed by atoms with Gasteiger partial charge < -0.3 is 10.4 Å². The molecule has 1 aromatic rings. The molecule has 3 rings (SSSR count). The second kappa shape index (κ2) is 12.3. The number of nitrogens with zero attached hydrogens (tertiary/aromatic N) is 3. The number of aromatic nitrogens is 2. The van der Waals surface area contributed by atoms with Crippen molar-refractivity contribution in [1.82, 2.24) is 14.9 Å². The molecular weight excluding hydrogens is 360 g/mol. The average Bonchev–Trinajstić information content (AvgIpc) is 3.49. The van der Waals surface area contributed by atoms with Crippen molar-refractivity contribution in [1.29, 1.82) is 0 Å². The summed E-state index contributed by atoms with van der Waals surface area (Å²) in [5.74, 6) is 3.73. The Kier molecular flexibility index (Phi) is 10.1. The Hall–Kier alpha value is -1.46. The fourth-order valence-corrected chi connectivity index (χ4v) is 4.19. The second-order valence-corrected chi connectivity index (χ2v) is 8.73. The summed E-state index contributed by atoms with van der Waals surface area (Å²) >= 11 is 0. The van der Waals surface area contributed by atoms with Gasteiger partial charge in [-0.1, -0.05) is 46.1 Å². The Bertz CT molecular complexity index is 615. The lowest BCUT2D eigenvalue weighted by Gasteiger charge is -2.31. The third kappa shape index (κ3) is 7.71. The van der Waals surface area contributed by atoms with Gasteiger partial charge in [-0.15, -0.1) is 6.58 Å². The normalized spacial score (nSPS) is 21.7. The fraction of sp³-hybridized carbons (Fsp3) is 0.750. The molecule has 2 heterocycles. The van der Waals surface area contributed by atoms with Crippen LogP contribution in [0.2, 0.25) is 0 Å². The molecule has 1 fully saturated rings. The van der Waals surface area contributed by atoms with Crippen LogP contribution >= 0.6 is 0 Å². The summed E-state index contributed by atoms with van der Waals surface area (Å²) in [6.45, 7) is 16.0. The minimum atomic E-state index is -0.370. The molecule has 2 N–H and O–H groups in total. The molecule has 3 unspecified atom stereocenters. The summed E-state index contributed by atoms with van der Waals surface area (Å²) in [6.07, 6.45) is 10.9.